The first-order valence-electron chi connectivity index (χ1n) is 12.5. The highest BCUT2D eigenvalue weighted by Gasteiger charge is 2.75. The lowest BCUT2D eigenvalue weighted by molar-refractivity contribution is -0.155. The summed E-state index contributed by atoms with van der Waals surface area (Å²) in [5.74, 6) is -2.84. The van der Waals surface area contributed by atoms with Crippen LogP contribution in [0.5, 0.6) is 0 Å². The van der Waals surface area contributed by atoms with Gasteiger partial charge in [-0.1, -0.05) is 48.5 Å². The third kappa shape index (κ3) is 3.62. The number of benzene rings is 2. The lowest BCUT2D eigenvalue weighted by Crippen LogP contribution is -2.54. The van der Waals surface area contributed by atoms with E-state index in [2.05, 4.69) is 5.32 Å². The first-order valence-corrected chi connectivity index (χ1v) is 12.5. The number of rotatable bonds is 7. The van der Waals surface area contributed by atoms with E-state index in [1.54, 1.807) is 6.92 Å². The number of carbonyl (C=O) groups excluding carboxylic acids is 3. The minimum atomic E-state index is -1.16. The lowest BCUT2D eigenvalue weighted by Gasteiger charge is -2.37. The Bertz CT molecular complexity index is 1160. The predicted molar refractivity (Wildman–Crippen MR) is 132 cm³/mol. The first kappa shape index (κ1) is 24.5. The summed E-state index contributed by atoms with van der Waals surface area (Å²) in [6.45, 7) is 5.37. The maximum atomic E-state index is 14.1. The Hall–Kier alpha value is -3.23. The number of esters is 1. The van der Waals surface area contributed by atoms with Crippen LogP contribution in [0.4, 0.5) is 5.69 Å². The van der Waals surface area contributed by atoms with E-state index < -0.39 is 41.6 Å². The molecule has 3 fully saturated rings. The normalized spacial score (nSPS) is 29.2. The molecule has 0 aromatic heterocycles. The van der Waals surface area contributed by atoms with E-state index in [1.165, 1.54) is 4.90 Å². The molecule has 2 amide bonds. The fraction of sp³-hybridized carbons (Fsp3) is 0.464. The second-order valence-electron chi connectivity index (χ2n) is 9.92. The zero-order chi connectivity index (χ0) is 25.6. The van der Waals surface area contributed by atoms with Crippen LogP contribution in [0.25, 0.3) is 0 Å². The molecule has 3 saturated heterocycles. The van der Waals surface area contributed by atoms with Gasteiger partial charge in [-0.2, -0.15) is 0 Å². The summed E-state index contributed by atoms with van der Waals surface area (Å²) in [4.78, 5) is 42.6. The van der Waals surface area contributed by atoms with E-state index in [4.69, 9.17) is 9.47 Å². The van der Waals surface area contributed by atoms with Crippen LogP contribution >= 0.6 is 0 Å². The van der Waals surface area contributed by atoms with Crippen molar-refractivity contribution in [3.8, 4) is 0 Å². The van der Waals surface area contributed by atoms with E-state index in [1.807, 2.05) is 62.4 Å². The van der Waals surface area contributed by atoms with Crippen molar-refractivity contribution in [3.05, 3.63) is 65.2 Å². The number of anilines is 1. The topological polar surface area (TPSA) is 105 Å². The molecule has 3 heterocycles. The number of hydrogen-bond acceptors (Lipinski definition) is 6. The zero-order valence-corrected chi connectivity index (χ0v) is 20.8. The number of aliphatic hydroxyl groups is 1. The zero-order valence-electron chi connectivity index (χ0n) is 20.8. The van der Waals surface area contributed by atoms with Gasteiger partial charge in [-0.25, -0.2) is 0 Å². The smallest absolute Gasteiger partial charge is 0.312 e. The van der Waals surface area contributed by atoms with Crippen LogP contribution in [0.2, 0.25) is 0 Å². The van der Waals surface area contributed by atoms with Crippen LogP contribution in [0.3, 0.4) is 0 Å². The van der Waals surface area contributed by atoms with Crippen LogP contribution in [0, 0.1) is 25.7 Å². The maximum Gasteiger partial charge on any atom is 0.312 e. The molecular formula is C28H32N2O6. The van der Waals surface area contributed by atoms with Crippen molar-refractivity contribution in [1.82, 2.24) is 4.90 Å². The van der Waals surface area contributed by atoms with E-state index in [9.17, 15) is 19.5 Å². The van der Waals surface area contributed by atoms with Crippen molar-refractivity contribution in [2.75, 3.05) is 18.5 Å². The Kier molecular flexibility index (Phi) is 6.34. The SMILES string of the molecule is CCOC(=O)[C@@H]1[C@H]2C(=O)N([C@H](CO)c3ccccc3)[C@H](C(=O)Nc3c(C)cccc3C)[C@]23CC[C@H]1O3. The molecule has 1 spiro atoms. The molecule has 2 N–H and O–H groups in total. The largest absolute Gasteiger partial charge is 0.466 e. The minimum Gasteiger partial charge on any atom is -0.466 e. The van der Waals surface area contributed by atoms with Gasteiger partial charge >= 0.3 is 5.97 Å². The number of para-hydroxylation sites is 1. The molecule has 3 aliphatic rings. The van der Waals surface area contributed by atoms with Crippen molar-refractivity contribution in [2.24, 2.45) is 11.8 Å². The van der Waals surface area contributed by atoms with E-state index in [0.29, 0.717) is 24.1 Å². The Morgan fingerprint density at radius 3 is 2.50 bits per heavy atom. The Morgan fingerprint density at radius 1 is 1.17 bits per heavy atom. The predicted octanol–water partition coefficient (Wildman–Crippen LogP) is 2.91. The first-order chi connectivity index (χ1) is 17.3. The fourth-order valence-electron chi connectivity index (χ4n) is 6.47. The molecular weight excluding hydrogens is 460 g/mol. The van der Waals surface area contributed by atoms with Gasteiger partial charge in [-0.3, -0.25) is 14.4 Å². The van der Waals surface area contributed by atoms with Gasteiger partial charge < -0.3 is 24.8 Å². The molecule has 5 rings (SSSR count). The number of fused-ring (bicyclic) bond motifs is 1. The molecule has 0 unspecified atom stereocenters. The third-order valence-corrected chi connectivity index (χ3v) is 7.97. The molecule has 0 saturated carbocycles. The highest BCUT2D eigenvalue weighted by Crippen LogP contribution is 2.60. The number of aryl methyl sites for hydroxylation is 2. The number of amides is 2. The molecule has 3 aliphatic heterocycles. The quantitative estimate of drug-likeness (QED) is 0.576. The number of aliphatic hydroxyl groups excluding tert-OH is 1. The number of ether oxygens (including phenoxy) is 2. The Morgan fingerprint density at radius 2 is 1.86 bits per heavy atom. The molecule has 8 heteroatoms. The highest BCUT2D eigenvalue weighted by atomic mass is 16.6. The summed E-state index contributed by atoms with van der Waals surface area (Å²) in [7, 11) is 0. The van der Waals surface area contributed by atoms with Gasteiger partial charge in [0.1, 0.15) is 11.6 Å². The number of nitrogens with zero attached hydrogens (tertiary/aromatic N) is 1. The number of likely N-dealkylation sites (tertiary alicyclic amines) is 1. The van der Waals surface area contributed by atoms with Crippen molar-refractivity contribution in [2.45, 2.75) is 57.4 Å². The second kappa shape index (κ2) is 9.33. The number of hydrogen-bond donors (Lipinski definition) is 2. The van der Waals surface area contributed by atoms with Crippen molar-refractivity contribution in [3.63, 3.8) is 0 Å². The summed E-state index contributed by atoms with van der Waals surface area (Å²) in [5.41, 5.74) is 2.02. The Balaban J connectivity index is 1.60. The second-order valence-corrected chi connectivity index (χ2v) is 9.92. The van der Waals surface area contributed by atoms with Gasteiger partial charge in [0.05, 0.1) is 37.2 Å². The third-order valence-electron chi connectivity index (χ3n) is 7.97. The standard InChI is InChI=1S/C28H32N2O6/c1-4-35-27(34)21-20-13-14-28(36-20)22(21)26(33)30(19(15-31)18-11-6-5-7-12-18)24(28)25(32)29-23-16(2)9-8-10-17(23)3/h5-12,19-22,24,31H,4,13-15H2,1-3H3,(H,29,32)/t19-,20-,21+,22+,24-,28+/m1/s1. The van der Waals surface area contributed by atoms with Gasteiger partial charge in [0.2, 0.25) is 11.8 Å². The number of carbonyl (C=O) groups is 3. The Labute approximate surface area is 210 Å². The van der Waals surface area contributed by atoms with Crippen LogP contribution in [0.1, 0.15) is 42.5 Å². The van der Waals surface area contributed by atoms with E-state index in [0.717, 1.165) is 11.1 Å². The summed E-state index contributed by atoms with van der Waals surface area (Å²) < 4.78 is 11.7. The van der Waals surface area contributed by atoms with Gasteiger partial charge in [0.15, 0.2) is 0 Å². The van der Waals surface area contributed by atoms with Gasteiger partial charge in [0, 0.05) is 5.69 Å². The van der Waals surface area contributed by atoms with Crippen LogP contribution in [0.15, 0.2) is 48.5 Å². The molecule has 36 heavy (non-hydrogen) atoms. The molecule has 2 aromatic rings. The minimum absolute atomic E-state index is 0.194. The average molecular weight is 493 g/mol. The van der Waals surface area contributed by atoms with Crippen molar-refractivity contribution < 1.29 is 29.0 Å². The monoisotopic (exact) mass is 492 g/mol. The van der Waals surface area contributed by atoms with Crippen LogP contribution in [-0.2, 0) is 23.9 Å². The molecule has 6 atom stereocenters. The van der Waals surface area contributed by atoms with Crippen molar-refractivity contribution in [1.29, 1.82) is 0 Å². The lowest BCUT2D eigenvalue weighted by atomic mass is 9.70. The van der Waals surface area contributed by atoms with Gasteiger partial charge in [0.25, 0.3) is 0 Å². The fourth-order valence-corrected chi connectivity index (χ4v) is 6.47. The summed E-state index contributed by atoms with van der Waals surface area (Å²) in [5, 5.41) is 13.5. The summed E-state index contributed by atoms with van der Waals surface area (Å²) in [6, 6.07) is 13.1. The summed E-state index contributed by atoms with van der Waals surface area (Å²) >= 11 is 0. The van der Waals surface area contributed by atoms with Crippen LogP contribution in [-0.4, -0.2) is 58.8 Å². The molecule has 2 aromatic carbocycles. The van der Waals surface area contributed by atoms with Crippen molar-refractivity contribution >= 4 is 23.5 Å². The van der Waals surface area contributed by atoms with E-state index >= 15 is 0 Å². The van der Waals surface area contributed by atoms with Gasteiger partial charge in [-0.15, -0.1) is 0 Å². The molecule has 0 aliphatic carbocycles. The molecule has 0 radical (unpaired) electrons. The average Bonchev–Trinajstić information content (AvgIpc) is 3.51. The molecule has 190 valence electrons. The van der Waals surface area contributed by atoms with Crippen LogP contribution < -0.4 is 5.32 Å². The van der Waals surface area contributed by atoms with E-state index in [-0.39, 0.29) is 25.0 Å². The maximum absolute atomic E-state index is 14.1. The molecule has 8 nitrogen and oxygen atoms in total. The number of nitrogens with one attached hydrogen (secondary N) is 1. The highest BCUT2D eigenvalue weighted by molar-refractivity contribution is 6.04. The van der Waals surface area contributed by atoms with Gasteiger partial charge in [-0.05, 0) is 50.3 Å². The molecule has 2 bridgehead atoms. The summed E-state index contributed by atoms with van der Waals surface area (Å²) in [6.07, 6.45) is 0.557.